The van der Waals surface area contributed by atoms with Crippen LogP contribution in [-0.2, 0) is 0 Å². The predicted molar refractivity (Wildman–Crippen MR) is 115 cm³/mol. The number of rotatable bonds is 2. The van der Waals surface area contributed by atoms with E-state index in [-0.39, 0.29) is 0 Å². The molecule has 0 saturated heterocycles. The Bertz CT molecular complexity index is 1470. The maximum absolute atomic E-state index is 5.91. The second-order valence-electron chi connectivity index (χ2n) is 6.95. The van der Waals surface area contributed by atoms with Gasteiger partial charge >= 0.3 is 0 Å². The molecule has 3 heterocycles. The van der Waals surface area contributed by atoms with E-state index in [1.165, 1.54) is 0 Å². The topological polar surface area (TPSA) is 51.8 Å². The molecular weight excluding hydrogens is 358 g/mol. The zero-order valence-corrected chi connectivity index (χ0v) is 15.4. The van der Waals surface area contributed by atoms with E-state index in [1.807, 2.05) is 60.7 Å². The quantitative estimate of drug-likeness (QED) is 0.336. The average molecular weight is 373 g/mol. The van der Waals surface area contributed by atoms with Gasteiger partial charge < -0.3 is 4.42 Å². The molecule has 0 aliphatic heterocycles. The van der Waals surface area contributed by atoms with Gasteiger partial charge in [0.05, 0.1) is 16.7 Å². The molecule has 0 aliphatic carbocycles. The van der Waals surface area contributed by atoms with Gasteiger partial charge in [0.15, 0.2) is 5.58 Å². The van der Waals surface area contributed by atoms with Gasteiger partial charge in [-0.2, -0.15) is 0 Å². The van der Waals surface area contributed by atoms with Gasteiger partial charge in [-0.05, 0) is 24.3 Å². The number of pyridine rings is 2. The van der Waals surface area contributed by atoms with E-state index in [9.17, 15) is 0 Å². The van der Waals surface area contributed by atoms with Gasteiger partial charge in [0.2, 0.25) is 5.89 Å². The predicted octanol–water partition coefficient (Wildman–Crippen LogP) is 6.26. The highest BCUT2D eigenvalue weighted by atomic mass is 16.3. The summed E-state index contributed by atoms with van der Waals surface area (Å²) >= 11 is 0. The SMILES string of the molecule is c1ccc(-c2ccc3ccc4ccc(-c5nc6ccccc6o5)nc4c3n2)cc1. The van der Waals surface area contributed by atoms with Crippen molar-refractivity contribution in [1.82, 2.24) is 15.0 Å². The number of para-hydroxylation sites is 2. The number of hydrogen-bond donors (Lipinski definition) is 0. The summed E-state index contributed by atoms with van der Waals surface area (Å²) in [4.78, 5) is 14.4. The summed E-state index contributed by atoms with van der Waals surface area (Å²) in [7, 11) is 0. The van der Waals surface area contributed by atoms with Crippen LogP contribution in [0.5, 0.6) is 0 Å². The average Bonchev–Trinajstić information content (AvgIpc) is 3.23. The van der Waals surface area contributed by atoms with Crippen molar-refractivity contribution in [3.05, 3.63) is 91.0 Å². The van der Waals surface area contributed by atoms with Crippen LogP contribution in [0.15, 0.2) is 95.4 Å². The molecule has 0 radical (unpaired) electrons. The lowest BCUT2D eigenvalue weighted by Crippen LogP contribution is -1.91. The molecular formula is C25H15N3O. The molecule has 6 aromatic rings. The third-order valence-corrected chi connectivity index (χ3v) is 5.10. The third-order valence-electron chi connectivity index (χ3n) is 5.10. The molecule has 29 heavy (non-hydrogen) atoms. The first kappa shape index (κ1) is 16.0. The standard InChI is InChI=1S/C25H15N3O/c1-2-6-16(7-3-1)19-14-12-17-10-11-18-13-15-21(27-24(18)23(17)26-19)25-28-20-8-4-5-9-22(20)29-25/h1-15H. The molecule has 4 nitrogen and oxygen atoms in total. The molecule has 0 atom stereocenters. The van der Waals surface area contributed by atoms with Gasteiger partial charge in [-0.1, -0.05) is 66.7 Å². The molecule has 0 N–H and O–H groups in total. The lowest BCUT2D eigenvalue weighted by atomic mass is 10.1. The van der Waals surface area contributed by atoms with Gasteiger partial charge in [-0.3, -0.25) is 0 Å². The van der Waals surface area contributed by atoms with Crippen molar-refractivity contribution >= 4 is 32.9 Å². The molecule has 0 unspecified atom stereocenters. The van der Waals surface area contributed by atoms with E-state index >= 15 is 0 Å². The fourth-order valence-electron chi connectivity index (χ4n) is 3.64. The Labute approximate surface area is 166 Å². The number of benzene rings is 3. The Balaban J connectivity index is 1.58. The first-order valence-electron chi connectivity index (χ1n) is 9.47. The highest BCUT2D eigenvalue weighted by molar-refractivity contribution is 6.04. The number of fused-ring (bicyclic) bond motifs is 4. The van der Waals surface area contributed by atoms with Crippen LogP contribution in [0.4, 0.5) is 0 Å². The Morgan fingerprint density at radius 3 is 1.90 bits per heavy atom. The van der Waals surface area contributed by atoms with E-state index in [4.69, 9.17) is 14.4 Å². The molecule has 4 heteroatoms. The molecule has 136 valence electrons. The van der Waals surface area contributed by atoms with Gasteiger partial charge in [0.25, 0.3) is 0 Å². The highest BCUT2D eigenvalue weighted by Gasteiger charge is 2.12. The van der Waals surface area contributed by atoms with Crippen LogP contribution in [0, 0.1) is 0 Å². The van der Waals surface area contributed by atoms with Crippen LogP contribution in [0.1, 0.15) is 0 Å². The smallest absolute Gasteiger partial charge is 0.246 e. The summed E-state index contributed by atoms with van der Waals surface area (Å²) in [6.07, 6.45) is 0. The summed E-state index contributed by atoms with van der Waals surface area (Å²) in [5, 5.41) is 2.09. The Hall–Kier alpha value is -4.05. The zero-order chi connectivity index (χ0) is 19.2. The molecule has 0 spiro atoms. The first-order chi connectivity index (χ1) is 14.3. The van der Waals surface area contributed by atoms with Crippen LogP contribution in [0.3, 0.4) is 0 Å². The van der Waals surface area contributed by atoms with E-state index in [0.29, 0.717) is 11.6 Å². The van der Waals surface area contributed by atoms with E-state index in [1.54, 1.807) is 0 Å². The van der Waals surface area contributed by atoms with Crippen molar-refractivity contribution in [3.63, 3.8) is 0 Å². The normalized spacial score (nSPS) is 11.4. The van der Waals surface area contributed by atoms with Gasteiger partial charge in [-0.15, -0.1) is 0 Å². The van der Waals surface area contributed by atoms with Crippen LogP contribution in [0.25, 0.3) is 55.7 Å². The molecule has 3 aromatic heterocycles. The summed E-state index contributed by atoms with van der Waals surface area (Å²) in [6.45, 7) is 0. The largest absolute Gasteiger partial charge is 0.435 e. The summed E-state index contributed by atoms with van der Waals surface area (Å²) in [5.41, 5.74) is 6.02. The minimum atomic E-state index is 0.518. The molecule has 0 saturated carbocycles. The van der Waals surface area contributed by atoms with Crippen molar-refractivity contribution in [2.75, 3.05) is 0 Å². The minimum absolute atomic E-state index is 0.518. The fourth-order valence-corrected chi connectivity index (χ4v) is 3.64. The van der Waals surface area contributed by atoms with Crippen molar-refractivity contribution in [3.8, 4) is 22.8 Å². The summed E-state index contributed by atoms with van der Waals surface area (Å²) in [5.74, 6) is 0.518. The Morgan fingerprint density at radius 1 is 0.517 bits per heavy atom. The lowest BCUT2D eigenvalue weighted by molar-refractivity contribution is 0.617. The van der Waals surface area contributed by atoms with Crippen LogP contribution < -0.4 is 0 Å². The van der Waals surface area contributed by atoms with Gasteiger partial charge in [0, 0.05) is 16.3 Å². The lowest BCUT2D eigenvalue weighted by Gasteiger charge is -2.07. The van der Waals surface area contributed by atoms with Crippen LogP contribution in [-0.4, -0.2) is 15.0 Å². The molecule has 0 bridgehead atoms. The molecule has 0 aliphatic rings. The molecule has 3 aromatic carbocycles. The Morgan fingerprint density at radius 2 is 1.14 bits per heavy atom. The number of aromatic nitrogens is 3. The monoisotopic (exact) mass is 373 g/mol. The second kappa shape index (κ2) is 6.24. The van der Waals surface area contributed by atoms with Gasteiger partial charge in [-0.25, -0.2) is 15.0 Å². The van der Waals surface area contributed by atoms with E-state index in [0.717, 1.165) is 44.2 Å². The molecule has 0 fully saturated rings. The molecule has 0 amide bonds. The first-order valence-corrected chi connectivity index (χ1v) is 9.47. The van der Waals surface area contributed by atoms with Crippen LogP contribution >= 0.6 is 0 Å². The summed E-state index contributed by atoms with van der Waals surface area (Å²) in [6, 6.07) is 30.2. The second-order valence-corrected chi connectivity index (χ2v) is 6.95. The van der Waals surface area contributed by atoms with E-state index in [2.05, 4.69) is 35.3 Å². The van der Waals surface area contributed by atoms with Crippen LogP contribution in [0.2, 0.25) is 0 Å². The Kier molecular flexibility index (Phi) is 3.43. The maximum Gasteiger partial charge on any atom is 0.246 e. The number of oxazole rings is 1. The number of nitrogens with zero attached hydrogens (tertiary/aromatic N) is 3. The maximum atomic E-state index is 5.91. The van der Waals surface area contributed by atoms with Crippen molar-refractivity contribution in [2.24, 2.45) is 0 Å². The van der Waals surface area contributed by atoms with E-state index < -0.39 is 0 Å². The van der Waals surface area contributed by atoms with Crippen molar-refractivity contribution < 1.29 is 4.42 Å². The highest BCUT2D eigenvalue weighted by Crippen LogP contribution is 2.29. The van der Waals surface area contributed by atoms with Crippen molar-refractivity contribution in [2.45, 2.75) is 0 Å². The minimum Gasteiger partial charge on any atom is -0.435 e. The number of hydrogen-bond acceptors (Lipinski definition) is 4. The molecule has 6 rings (SSSR count). The van der Waals surface area contributed by atoms with Crippen molar-refractivity contribution in [1.29, 1.82) is 0 Å². The zero-order valence-electron chi connectivity index (χ0n) is 15.4. The van der Waals surface area contributed by atoms with Gasteiger partial charge in [0.1, 0.15) is 11.2 Å². The fraction of sp³-hybridized carbons (Fsp3) is 0. The summed E-state index contributed by atoms with van der Waals surface area (Å²) < 4.78 is 5.91. The third kappa shape index (κ3) is 2.65.